The molecule has 3 aliphatic rings. The predicted octanol–water partition coefficient (Wildman–Crippen LogP) is 3.16. The van der Waals surface area contributed by atoms with Gasteiger partial charge in [-0.05, 0) is 43.7 Å². The summed E-state index contributed by atoms with van der Waals surface area (Å²) >= 11 is 5.97. The first-order valence-corrected chi connectivity index (χ1v) is 9.07. The molecule has 2 aliphatic carbocycles. The van der Waals surface area contributed by atoms with Gasteiger partial charge in [0.15, 0.2) is 22.8 Å². The summed E-state index contributed by atoms with van der Waals surface area (Å²) in [5.41, 5.74) is 0.645. The molecule has 3 heterocycles. The molecule has 5 rings (SSSR count). The van der Waals surface area contributed by atoms with E-state index in [0.717, 1.165) is 6.42 Å². The van der Waals surface area contributed by atoms with Crippen LogP contribution in [0.3, 0.4) is 0 Å². The van der Waals surface area contributed by atoms with Crippen molar-refractivity contribution in [3.05, 3.63) is 11.6 Å². The fourth-order valence-corrected chi connectivity index (χ4v) is 4.61. The first-order chi connectivity index (χ1) is 12.6. The molecule has 0 bridgehead atoms. The van der Waals surface area contributed by atoms with E-state index < -0.39 is 18.5 Å². The molecule has 0 radical (unpaired) electrons. The lowest BCUT2D eigenvalue weighted by atomic mass is 10.1. The molecule has 2 saturated carbocycles. The van der Waals surface area contributed by atoms with Gasteiger partial charge in [-0.1, -0.05) is 0 Å². The van der Waals surface area contributed by atoms with Crippen LogP contribution in [0.1, 0.15) is 26.3 Å². The van der Waals surface area contributed by atoms with Crippen LogP contribution < -0.4 is 5.32 Å². The maximum absolute atomic E-state index is 12.6. The standard InChI is InChI=1S/C16H17ClF3N5O2/c1-15(2)26-10-7-3-6(7)9(11(10)27-15)25-5-22-8-12(21-4-16(18,19)20)23-14(17)24-13(8)25/h5-7,9-11H,3-4H2,1-2H3,(H,21,23,24)/t6-,7+,9+,10+,11-/m0/s1. The molecule has 0 unspecified atom stereocenters. The Morgan fingerprint density at radius 2 is 2.00 bits per heavy atom. The van der Waals surface area contributed by atoms with Gasteiger partial charge in [0, 0.05) is 0 Å². The third kappa shape index (κ3) is 2.85. The van der Waals surface area contributed by atoms with Gasteiger partial charge in [0.25, 0.3) is 0 Å². The molecule has 1 aliphatic heterocycles. The number of hydrogen-bond acceptors (Lipinski definition) is 6. The summed E-state index contributed by atoms with van der Waals surface area (Å²) in [7, 11) is 0. The molecule has 0 aromatic carbocycles. The molecular weight excluding hydrogens is 387 g/mol. The highest BCUT2D eigenvalue weighted by Crippen LogP contribution is 2.63. The van der Waals surface area contributed by atoms with E-state index in [0.29, 0.717) is 17.5 Å². The van der Waals surface area contributed by atoms with Gasteiger partial charge in [-0.2, -0.15) is 23.1 Å². The summed E-state index contributed by atoms with van der Waals surface area (Å²) in [6.07, 6.45) is -1.93. The molecule has 2 aromatic heterocycles. The van der Waals surface area contributed by atoms with E-state index in [4.69, 9.17) is 21.1 Å². The normalized spacial score (nSPS) is 33.9. The fourth-order valence-electron chi connectivity index (χ4n) is 4.44. The summed E-state index contributed by atoms with van der Waals surface area (Å²) in [6, 6.07) is -0.0480. The number of nitrogens with zero attached hydrogens (tertiary/aromatic N) is 4. The Morgan fingerprint density at radius 1 is 1.26 bits per heavy atom. The van der Waals surface area contributed by atoms with Crippen LogP contribution in [-0.2, 0) is 9.47 Å². The van der Waals surface area contributed by atoms with Gasteiger partial charge in [0.05, 0.1) is 18.5 Å². The summed E-state index contributed by atoms with van der Waals surface area (Å²) in [5.74, 6) is 0.0870. The molecule has 0 spiro atoms. The average Bonchev–Trinajstić information content (AvgIpc) is 2.98. The van der Waals surface area contributed by atoms with E-state index in [-0.39, 0.29) is 34.9 Å². The number of imidazole rings is 1. The van der Waals surface area contributed by atoms with Gasteiger partial charge in [-0.3, -0.25) is 0 Å². The Balaban J connectivity index is 1.53. The summed E-state index contributed by atoms with van der Waals surface area (Å²) < 4.78 is 51.7. The zero-order valence-electron chi connectivity index (χ0n) is 14.5. The molecular formula is C16H17ClF3N5O2. The molecule has 146 valence electrons. The second-order valence-corrected chi connectivity index (χ2v) is 8.09. The highest BCUT2D eigenvalue weighted by molar-refractivity contribution is 6.28. The summed E-state index contributed by atoms with van der Waals surface area (Å²) in [5, 5.41) is 2.12. The van der Waals surface area contributed by atoms with E-state index >= 15 is 0 Å². The van der Waals surface area contributed by atoms with E-state index in [2.05, 4.69) is 20.3 Å². The minimum absolute atomic E-state index is 0.00702. The van der Waals surface area contributed by atoms with Crippen LogP contribution in [0.4, 0.5) is 19.0 Å². The number of aromatic nitrogens is 4. The highest BCUT2D eigenvalue weighted by atomic mass is 35.5. The Labute approximate surface area is 157 Å². The molecule has 3 fully saturated rings. The lowest BCUT2D eigenvalue weighted by molar-refractivity contribution is -0.156. The molecule has 0 amide bonds. The third-order valence-electron chi connectivity index (χ3n) is 5.42. The van der Waals surface area contributed by atoms with Crippen LogP contribution in [0, 0.1) is 11.8 Å². The number of anilines is 1. The second-order valence-electron chi connectivity index (χ2n) is 7.75. The van der Waals surface area contributed by atoms with Crippen LogP contribution in [-0.4, -0.2) is 50.2 Å². The van der Waals surface area contributed by atoms with Crippen LogP contribution >= 0.6 is 11.6 Å². The quantitative estimate of drug-likeness (QED) is 0.793. The smallest absolute Gasteiger partial charge is 0.359 e. The monoisotopic (exact) mass is 403 g/mol. The van der Waals surface area contributed by atoms with E-state index in [1.54, 1.807) is 6.33 Å². The van der Waals surface area contributed by atoms with Gasteiger partial charge < -0.3 is 19.4 Å². The topological polar surface area (TPSA) is 74.1 Å². The maximum atomic E-state index is 12.6. The third-order valence-corrected chi connectivity index (χ3v) is 5.59. The molecule has 2 aromatic rings. The molecule has 1 saturated heterocycles. The average molecular weight is 404 g/mol. The van der Waals surface area contributed by atoms with Crippen LogP contribution in [0.25, 0.3) is 11.2 Å². The highest BCUT2D eigenvalue weighted by Gasteiger charge is 2.66. The van der Waals surface area contributed by atoms with Crippen LogP contribution in [0.5, 0.6) is 0 Å². The van der Waals surface area contributed by atoms with Crippen molar-refractivity contribution < 1.29 is 22.6 Å². The summed E-state index contributed by atoms with van der Waals surface area (Å²) in [6.45, 7) is 2.53. The SMILES string of the molecule is CC1(C)O[C@@H]2[C@@H]3C[C@@H]3[C@@H](n3cnc4c(NCC(F)(F)F)nc(Cl)nc43)[C@@H]2O1. The number of halogens is 4. The molecule has 5 atom stereocenters. The number of rotatable bonds is 3. The van der Waals surface area contributed by atoms with Crippen molar-refractivity contribution in [2.75, 3.05) is 11.9 Å². The van der Waals surface area contributed by atoms with Crippen molar-refractivity contribution in [3.8, 4) is 0 Å². The zero-order chi connectivity index (χ0) is 19.1. The number of hydrogen-bond donors (Lipinski definition) is 1. The van der Waals surface area contributed by atoms with Crippen LogP contribution in [0.2, 0.25) is 5.28 Å². The van der Waals surface area contributed by atoms with Crippen molar-refractivity contribution in [2.45, 2.75) is 50.5 Å². The van der Waals surface area contributed by atoms with Gasteiger partial charge >= 0.3 is 6.18 Å². The number of fused-ring (bicyclic) bond motifs is 4. The van der Waals surface area contributed by atoms with E-state index in [9.17, 15) is 13.2 Å². The van der Waals surface area contributed by atoms with E-state index in [1.807, 2.05) is 18.4 Å². The number of ether oxygens (including phenoxy) is 2. The molecule has 7 nitrogen and oxygen atoms in total. The van der Waals surface area contributed by atoms with Crippen LogP contribution in [0.15, 0.2) is 6.33 Å². The van der Waals surface area contributed by atoms with Crippen molar-refractivity contribution in [1.29, 1.82) is 0 Å². The lowest BCUT2D eigenvalue weighted by Gasteiger charge is -2.24. The van der Waals surface area contributed by atoms with Gasteiger partial charge in [-0.15, -0.1) is 0 Å². The zero-order valence-corrected chi connectivity index (χ0v) is 15.3. The first kappa shape index (κ1) is 17.4. The molecule has 11 heteroatoms. The van der Waals surface area contributed by atoms with Gasteiger partial charge in [-0.25, -0.2) is 4.98 Å². The van der Waals surface area contributed by atoms with Crippen molar-refractivity contribution in [2.24, 2.45) is 11.8 Å². The summed E-state index contributed by atoms with van der Waals surface area (Å²) in [4.78, 5) is 12.4. The number of nitrogens with one attached hydrogen (secondary N) is 1. The van der Waals surface area contributed by atoms with Crippen molar-refractivity contribution in [3.63, 3.8) is 0 Å². The Hall–Kier alpha value is -1.65. The largest absolute Gasteiger partial charge is 0.405 e. The fraction of sp³-hybridized carbons (Fsp3) is 0.688. The van der Waals surface area contributed by atoms with Crippen molar-refractivity contribution in [1.82, 2.24) is 19.5 Å². The Morgan fingerprint density at radius 3 is 2.74 bits per heavy atom. The van der Waals surface area contributed by atoms with E-state index in [1.165, 1.54) is 0 Å². The Bertz CT molecular complexity index is 917. The Kier molecular flexibility index (Phi) is 3.52. The lowest BCUT2D eigenvalue weighted by Crippen LogP contribution is -2.30. The second kappa shape index (κ2) is 5.45. The predicted molar refractivity (Wildman–Crippen MR) is 89.3 cm³/mol. The van der Waals surface area contributed by atoms with Gasteiger partial charge in [0.2, 0.25) is 5.28 Å². The maximum Gasteiger partial charge on any atom is 0.405 e. The van der Waals surface area contributed by atoms with Crippen molar-refractivity contribution >= 4 is 28.6 Å². The first-order valence-electron chi connectivity index (χ1n) is 8.69. The minimum atomic E-state index is -4.38. The minimum Gasteiger partial charge on any atom is -0.359 e. The molecule has 1 N–H and O–H groups in total. The molecule has 27 heavy (non-hydrogen) atoms. The number of alkyl halides is 3. The van der Waals surface area contributed by atoms with Gasteiger partial charge in [0.1, 0.15) is 12.6 Å².